The molecule has 29 heavy (non-hydrogen) atoms. The fraction of sp³-hybridized carbons (Fsp3) is 0.120. The number of pyridine rings is 1. The molecule has 144 valence electrons. The Labute approximate surface area is 169 Å². The third-order valence-corrected chi connectivity index (χ3v) is 5.30. The third kappa shape index (κ3) is 3.38. The number of rotatable bonds is 4. The summed E-state index contributed by atoms with van der Waals surface area (Å²) in [6.45, 7) is 3.88. The molecule has 3 nitrogen and oxygen atoms in total. The van der Waals surface area contributed by atoms with E-state index >= 15 is 0 Å². The molecule has 1 heterocycles. The fourth-order valence-electron chi connectivity index (χ4n) is 3.81. The predicted molar refractivity (Wildman–Crippen MR) is 115 cm³/mol. The number of hydrogen-bond acceptors (Lipinski definition) is 2. The van der Waals surface area contributed by atoms with Crippen LogP contribution in [0, 0.1) is 12.7 Å². The van der Waals surface area contributed by atoms with E-state index in [1.54, 1.807) is 19.2 Å². The Kier molecular flexibility index (Phi) is 4.85. The van der Waals surface area contributed by atoms with E-state index in [0.717, 1.165) is 39.6 Å². The summed E-state index contributed by atoms with van der Waals surface area (Å²) in [5.41, 5.74) is 12.5. The molecule has 2 N–H and O–H groups in total. The first-order chi connectivity index (χ1) is 14.0. The van der Waals surface area contributed by atoms with Crippen molar-refractivity contribution in [3.63, 3.8) is 0 Å². The molecule has 4 aromatic rings. The van der Waals surface area contributed by atoms with Gasteiger partial charge in [0, 0.05) is 11.6 Å². The van der Waals surface area contributed by atoms with Crippen LogP contribution in [0.3, 0.4) is 0 Å². The summed E-state index contributed by atoms with van der Waals surface area (Å²) in [7, 11) is 0. The molecule has 0 spiro atoms. The Hall–Kier alpha value is -3.53. The maximum Gasteiger partial charge on any atom is 0.249 e. The summed E-state index contributed by atoms with van der Waals surface area (Å²) >= 11 is 0. The van der Waals surface area contributed by atoms with E-state index < -0.39 is 5.91 Å². The number of carbonyl (C=O) groups is 1. The van der Waals surface area contributed by atoms with E-state index in [1.807, 2.05) is 36.4 Å². The summed E-state index contributed by atoms with van der Waals surface area (Å²) < 4.78 is 13.9. The molecule has 0 aliphatic heterocycles. The van der Waals surface area contributed by atoms with E-state index in [9.17, 15) is 9.18 Å². The topological polar surface area (TPSA) is 56.0 Å². The van der Waals surface area contributed by atoms with Crippen LogP contribution in [0.15, 0.2) is 66.9 Å². The van der Waals surface area contributed by atoms with Gasteiger partial charge in [0.15, 0.2) is 0 Å². The first-order valence-electron chi connectivity index (χ1n) is 9.57. The summed E-state index contributed by atoms with van der Waals surface area (Å²) in [6.07, 6.45) is 2.44. The molecule has 0 saturated heterocycles. The fourth-order valence-corrected chi connectivity index (χ4v) is 3.81. The van der Waals surface area contributed by atoms with Crippen molar-refractivity contribution in [3.05, 3.63) is 89.4 Å². The molecule has 1 aromatic heterocycles. The standard InChI is InChI=1S/C25H21FN2O/c1-3-16-5-4-6-19(24(16)18-7-9-22(26)15(2)13-18)17-8-10-23-21(14-17)20(25(27)29)11-12-28-23/h4-14H,3H2,1-2H3,(H2,27,29). The molecule has 0 radical (unpaired) electrons. The van der Waals surface area contributed by atoms with E-state index in [2.05, 4.69) is 24.0 Å². The minimum Gasteiger partial charge on any atom is -0.366 e. The van der Waals surface area contributed by atoms with Crippen LogP contribution < -0.4 is 5.73 Å². The van der Waals surface area contributed by atoms with Gasteiger partial charge in [0.2, 0.25) is 5.91 Å². The molecule has 0 aliphatic carbocycles. The highest BCUT2D eigenvalue weighted by molar-refractivity contribution is 6.06. The van der Waals surface area contributed by atoms with E-state index in [0.29, 0.717) is 11.1 Å². The van der Waals surface area contributed by atoms with Crippen LogP contribution in [0.25, 0.3) is 33.2 Å². The molecule has 0 aliphatic rings. The smallest absolute Gasteiger partial charge is 0.249 e. The van der Waals surface area contributed by atoms with Crippen LogP contribution in [0.1, 0.15) is 28.4 Å². The van der Waals surface area contributed by atoms with Crippen molar-refractivity contribution in [2.45, 2.75) is 20.3 Å². The maximum absolute atomic E-state index is 13.9. The van der Waals surface area contributed by atoms with Gasteiger partial charge in [0.25, 0.3) is 0 Å². The summed E-state index contributed by atoms with van der Waals surface area (Å²) in [6, 6.07) is 18.9. The Bertz CT molecular complexity index is 1250. The molecular weight excluding hydrogens is 363 g/mol. The molecule has 0 fully saturated rings. The highest BCUT2D eigenvalue weighted by Gasteiger charge is 2.15. The Morgan fingerprint density at radius 1 is 1.03 bits per heavy atom. The summed E-state index contributed by atoms with van der Waals surface area (Å²) in [5, 5.41) is 0.723. The van der Waals surface area contributed by atoms with Crippen molar-refractivity contribution < 1.29 is 9.18 Å². The molecule has 0 atom stereocenters. The lowest BCUT2D eigenvalue weighted by atomic mass is 9.88. The third-order valence-electron chi connectivity index (χ3n) is 5.30. The maximum atomic E-state index is 13.9. The van der Waals surface area contributed by atoms with Gasteiger partial charge in [-0.1, -0.05) is 37.3 Å². The molecule has 4 rings (SSSR count). The van der Waals surface area contributed by atoms with Crippen LogP contribution >= 0.6 is 0 Å². The zero-order valence-electron chi connectivity index (χ0n) is 16.4. The largest absolute Gasteiger partial charge is 0.366 e. The van der Waals surface area contributed by atoms with Crippen molar-refractivity contribution in [1.82, 2.24) is 4.98 Å². The normalized spacial score (nSPS) is 11.0. The van der Waals surface area contributed by atoms with Crippen LogP contribution in [0.5, 0.6) is 0 Å². The number of benzene rings is 3. The number of primary amides is 1. The SMILES string of the molecule is CCc1cccc(-c2ccc3nccc(C(N)=O)c3c2)c1-c1ccc(F)c(C)c1. The van der Waals surface area contributed by atoms with Crippen molar-refractivity contribution in [1.29, 1.82) is 0 Å². The first kappa shape index (κ1) is 18.8. The van der Waals surface area contributed by atoms with Crippen molar-refractivity contribution >= 4 is 16.8 Å². The lowest BCUT2D eigenvalue weighted by Gasteiger charge is -2.16. The van der Waals surface area contributed by atoms with E-state index in [-0.39, 0.29) is 5.82 Å². The highest BCUT2D eigenvalue weighted by Crippen LogP contribution is 2.37. The number of hydrogen-bond donors (Lipinski definition) is 1. The van der Waals surface area contributed by atoms with Gasteiger partial charge in [-0.3, -0.25) is 9.78 Å². The zero-order chi connectivity index (χ0) is 20.5. The van der Waals surface area contributed by atoms with Gasteiger partial charge < -0.3 is 5.73 Å². The van der Waals surface area contributed by atoms with Gasteiger partial charge in [-0.05, 0) is 77.1 Å². The Morgan fingerprint density at radius 3 is 2.55 bits per heavy atom. The van der Waals surface area contributed by atoms with Crippen LogP contribution in [-0.2, 0) is 6.42 Å². The number of carbonyl (C=O) groups excluding carboxylic acids is 1. The number of aromatic nitrogens is 1. The molecule has 1 amide bonds. The van der Waals surface area contributed by atoms with Crippen molar-refractivity contribution in [2.75, 3.05) is 0 Å². The average molecular weight is 384 g/mol. The number of nitrogens with zero attached hydrogens (tertiary/aromatic N) is 1. The highest BCUT2D eigenvalue weighted by atomic mass is 19.1. The number of fused-ring (bicyclic) bond motifs is 1. The number of aryl methyl sites for hydroxylation is 2. The lowest BCUT2D eigenvalue weighted by Crippen LogP contribution is -2.11. The van der Waals surface area contributed by atoms with Gasteiger partial charge in [0.1, 0.15) is 5.82 Å². The molecule has 0 saturated carbocycles. The van der Waals surface area contributed by atoms with Gasteiger partial charge in [-0.15, -0.1) is 0 Å². The van der Waals surface area contributed by atoms with Gasteiger partial charge in [-0.2, -0.15) is 0 Å². The van der Waals surface area contributed by atoms with E-state index in [1.165, 1.54) is 11.6 Å². The Morgan fingerprint density at radius 2 is 1.83 bits per heavy atom. The van der Waals surface area contributed by atoms with Crippen LogP contribution in [0.4, 0.5) is 4.39 Å². The molecule has 0 bridgehead atoms. The average Bonchev–Trinajstić information content (AvgIpc) is 2.74. The number of nitrogens with two attached hydrogens (primary N) is 1. The van der Waals surface area contributed by atoms with Gasteiger partial charge in [0.05, 0.1) is 11.1 Å². The van der Waals surface area contributed by atoms with Gasteiger partial charge in [-0.25, -0.2) is 4.39 Å². The lowest BCUT2D eigenvalue weighted by molar-refractivity contribution is 0.100. The van der Waals surface area contributed by atoms with Crippen molar-refractivity contribution in [2.24, 2.45) is 5.73 Å². The second-order valence-corrected chi connectivity index (χ2v) is 7.11. The molecular formula is C25H21FN2O. The summed E-state index contributed by atoms with van der Waals surface area (Å²) in [5.74, 6) is -0.696. The molecule has 3 aromatic carbocycles. The predicted octanol–water partition coefficient (Wildman–Crippen LogP) is 5.68. The minimum atomic E-state index is -0.480. The van der Waals surface area contributed by atoms with Gasteiger partial charge >= 0.3 is 0 Å². The first-order valence-corrected chi connectivity index (χ1v) is 9.57. The second kappa shape index (κ2) is 7.47. The zero-order valence-corrected chi connectivity index (χ0v) is 16.4. The van der Waals surface area contributed by atoms with Crippen molar-refractivity contribution in [3.8, 4) is 22.3 Å². The van der Waals surface area contributed by atoms with Crippen LogP contribution in [0.2, 0.25) is 0 Å². The van der Waals surface area contributed by atoms with Crippen LogP contribution in [-0.4, -0.2) is 10.9 Å². The monoisotopic (exact) mass is 384 g/mol. The Balaban J connectivity index is 1.99. The number of halogens is 1. The summed E-state index contributed by atoms with van der Waals surface area (Å²) in [4.78, 5) is 16.2. The quantitative estimate of drug-likeness (QED) is 0.492. The number of amides is 1. The minimum absolute atomic E-state index is 0.216. The van der Waals surface area contributed by atoms with E-state index in [4.69, 9.17) is 5.73 Å². The molecule has 0 unspecified atom stereocenters. The molecule has 4 heteroatoms. The second-order valence-electron chi connectivity index (χ2n) is 7.11.